The van der Waals surface area contributed by atoms with E-state index in [1.807, 2.05) is 68.4 Å². The third-order valence-corrected chi connectivity index (χ3v) is 16.2. The Bertz CT molecular complexity index is 4350. The standard InChI is InChI=1S/C73H66N8O2/c1-40-17-28-62(74-37-40)73(83-12,63-29-18-41(2)38-75-63)64-30-19-51(39-76-64)72(82)81-53-16-14-13-15-52(53)68-54-20-22-56(77-54)69(65-45(6)31-42(3)32-46(65)7)58-24-26-60(79-58)71(67-49(10)35-44(5)36-50(67)11)61-27-25-59(80-61)70(57-23-21-55(68)78-57)66-47(8)33-43(4)34-48(66)9/h13-39,77,80H,1-12H3,(H,81,82). The Morgan fingerprint density at radius 1 is 0.410 bits per heavy atom. The second-order valence-corrected chi connectivity index (χ2v) is 22.6. The van der Waals surface area contributed by atoms with Crippen LogP contribution in [0.2, 0.25) is 0 Å². The molecule has 10 heteroatoms. The number of nitrogens with one attached hydrogen (secondary N) is 3. The molecule has 0 aliphatic carbocycles. The molecule has 0 radical (unpaired) electrons. The van der Waals surface area contributed by atoms with Gasteiger partial charge in [-0.15, -0.1) is 0 Å². The van der Waals surface area contributed by atoms with Crippen LogP contribution in [0.25, 0.3) is 90.9 Å². The molecule has 0 spiro atoms. The van der Waals surface area contributed by atoms with Gasteiger partial charge in [0, 0.05) is 81.3 Å². The van der Waals surface area contributed by atoms with Gasteiger partial charge in [-0.2, -0.15) is 0 Å². The molecule has 2 aliphatic rings. The van der Waals surface area contributed by atoms with Gasteiger partial charge < -0.3 is 20.0 Å². The van der Waals surface area contributed by atoms with Crippen molar-refractivity contribution in [2.24, 2.45) is 0 Å². The van der Waals surface area contributed by atoms with Crippen LogP contribution >= 0.6 is 0 Å². The zero-order valence-corrected chi connectivity index (χ0v) is 49.1. The minimum Gasteiger partial charge on any atom is -0.359 e. The number of anilines is 1. The van der Waals surface area contributed by atoms with Crippen molar-refractivity contribution < 1.29 is 9.53 Å². The summed E-state index contributed by atoms with van der Waals surface area (Å²) in [6.07, 6.45) is 13.8. The highest BCUT2D eigenvalue weighted by molar-refractivity contribution is 6.08. The van der Waals surface area contributed by atoms with Crippen LogP contribution in [0.3, 0.4) is 0 Å². The van der Waals surface area contributed by atoms with E-state index in [2.05, 4.69) is 163 Å². The maximum atomic E-state index is 14.8. The molecular weight excluding hydrogens is 1020 g/mol. The summed E-state index contributed by atoms with van der Waals surface area (Å²) >= 11 is 0. The number of pyridine rings is 3. The van der Waals surface area contributed by atoms with Gasteiger partial charge in [0.05, 0.1) is 45.4 Å². The van der Waals surface area contributed by atoms with E-state index < -0.39 is 5.60 Å². The van der Waals surface area contributed by atoms with E-state index >= 15 is 0 Å². The number of amides is 1. The molecule has 1 amide bonds. The highest BCUT2D eigenvalue weighted by Crippen LogP contribution is 2.44. The van der Waals surface area contributed by atoms with Crippen LogP contribution in [-0.4, -0.2) is 47.9 Å². The first-order valence-corrected chi connectivity index (χ1v) is 28.2. The molecule has 410 valence electrons. The van der Waals surface area contributed by atoms with Crippen LogP contribution in [0.5, 0.6) is 0 Å². The van der Waals surface area contributed by atoms with Gasteiger partial charge in [-0.05, 0) is 216 Å². The molecule has 10 nitrogen and oxygen atoms in total. The van der Waals surface area contributed by atoms with E-state index in [4.69, 9.17) is 29.7 Å². The van der Waals surface area contributed by atoms with Gasteiger partial charge in [-0.1, -0.05) is 83.4 Å². The number of fused-ring (bicyclic) bond motifs is 8. The first-order chi connectivity index (χ1) is 40.0. The molecule has 2 aliphatic heterocycles. The van der Waals surface area contributed by atoms with E-state index in [0.717, 1.165) is 123 Å². The number of benzene rings is 4. The van der Waals surface area contributed by atoms with Gasteiger partial charge in [0.25, 0.3) is 5.91 Å². The maximum Gasteiger partial charge on any atom is 0.257 e. The number of carbonyl (C=O) groups is 1. The summed E-state index contributed by atoms with van der Waals surface area (Å²) in [6, 6.07) is 41.5. The van der Waals surface area contributed by atoms with Gasteiger partial charge in [-0.3, -0.25) is 19.7 Å². The molecule has 8 heterocycles. The van der Waals surface area contributed by atoms with E-state index in [1.165, 1.54) is 27.8 Å². The summed E-state index contributed by atoms with van der Waals surface area (Å²) in [6.45, 7) is 23.6. The first-order valence-electron chi connectivity index (χ1n) is 28.2. The van der Waals surface area contributed by atoms with Crippen LogP contribution in [-0.2, 0) is 10.3 Å². The maximum absolute atomic E-state index is 14.8. The Labute approximate surface area is 485 Å². The monoisotopic (exact) mass is 1090 g/mol. The van der Waals surface area contributed by atoms with Crippen LogP contribution in [0.1, 0.15) is 111 Å². The highest BCUT2D eigenvalue weighted by atomic mass is 16.5. The lowest BCUT2D eigenvalue weighted by molar-refractivity contribution is 0.0473. The van der Waals surface area contributed by atoms with Crippen LogP contribution in [0.4, 0.5) is 5.69 Å². The number of nitrogens with zero attached hydrogens (tertiary/aromatic N) is 5. The van der Waals surface area contributed by atoms with Gasteiger partial charge in [-0.25, -0.2) is 9.97 Å². The highest BCUT2D eigenvalue weighted by Gasteiger charge is 2.41. The van der Waals surface area contributed by atoms with Gasteiger partial charge in [0.1, 0.15) is 0 Å². The van der Waals surface area contributed by atoms with Crippen molar-refractivity contribution in [2.75, 3.05) is 12.4 Å². The lowest BCUT2D eigenvalue weighted by Crippen LogP contribution is -2.35. The third kappa shape index (κ3) is 9.68. The normalized spacial score (nSPS) is 12.1. The number of carbonyl (C=O) groups excluding carboxylic acids is 1. The van der Waals surface area contributed by atoms with Crippen molar-refractivity contribution in [2.45, 2.75) is 81.8 Å². The Hall–Kier alpha value is -9.64. The minimum absolute atomic E-state index is 0.340. The lowest BCUT2D eigenvalue weighted by Gasteiger charge is -2.31. The van der Waals surface area contributed by atoms with Crippen molar-refractivity contribution in [3.8, 4) is 44.5 Å². The summed E-state index contributed by atoms with van der Waals surface area (Å²) < 4.78 is 6.39. The molecule has 8 bridgehead atoms. The van der Waals surface area contributed by atoms with E-state index in [0.29, 0.717) is 28.3 Å². The molecule has 83 heavy (non-hydrogen) atoms. The van der Waals surface area contributed by atoms with Crippen molar-refractivity contribution in [3.63, 3.8) is 0 Å². The average Bonchev–Trinajstić information content (AvgIpc) is 4.40. The fourth-order valence-electron chi connectivity index (χ4n) is 12.8. The predicted octanol–water partition coefficient (Wildman–Crippen LogP) is 17.1. The molecular formula is C73H66N8O2. The zero-order chi connectivity index (χ0) is 58.0. The van der Waals surface area contributed by atoms with Crippen molar-refractivity contribution in [1.82, 2.24) is 34.9 Å². The smallest absolute Gasteiger partial charge is 0.257 e. The number of aromatic nitrogens is 7. The molecule has 10 aromatic rings. The molecule has 12 rings (SSSR count). The van der Waals surface area contributed by atoms with Crippen LogP contribution in [0.15, 0.2) is 140 Å². The molecule has 0 unspecified atom stereocenters. The molecule has 0 saturated carbocycles. The Kier molecular flexibility index (Phi) is 13.9. The van der Waals surface area contributed by atoms with E-state index in [9.17, 15) is 4.79 Å². The molecule has 0 saturated heterocycles. The molecule has 0 atom stereocenters. The average molecular weight is 1090 g/mol. The summed E-state index contributed by atoms with van der Waals surface area (Å²) in [5.41, 5.74) is 28.8. The Morgan fingerprint density at radius 3 is 1.13 bits per heavy atom. The number of hydrogen-bond donors (Lipinski definition) is 3. The molecule has 3 N–H and O–H groups in total. The summed E-state index contributed by atoms with van der Waals surface area (Å²) in [5.74, 6) is -0.340. The third-order valence-electron chi connectivity index (χ3n) is 16.2. The van der Waals surface area contributed by atoms with Crippen molar-refractivity contribution in [1.29, 1.82) is 0 Å². The number of ether oxygens (including phenoxy) is 1. The minimum atomic E-state index is -1.25. The molecule has 6 aromatic heterocycles. The molecule has 0 fully saturated rings. The second-order valence-electron chi connectivity index (χ2n) is 22.6. The molecule has 4 aromatic carbocycles. The quantitative estimate of drug-likeness (QED) is 0.124. The number of hydrogen-bond acceptors (Lipinski definition) is 7. The summed E-state index contributed by atoms with van der Waals surface area (Å²) in [7, 11) is 1.63. The topological polar surface area (TPSA) is 134 Å². The van der Waals surface area contributed by atoms with Crippen molar-refractivity contribution in [3.05, 3.63) is 247 Å². The number of H-pyrrole nitrogens is 2. The summed E-state index contributed by atoms with van der Waals surface area (Å²) in [4.78, 5) is 48.6. The van der Waals surface area contributed by atoms with Gasteiger partial charge >= 0.3 is 0 Å². The first kappa shape index (κ1) is 54.0. The number of methoxy groups -OCH3 is 1. The van der Waals surface area contributed by atoms with Crippen LogP contribution in [0, 0.1) is 76.2 Å². The van der Waals surface area contributed by atoms with E-state index in [-0.39, 0.29) is 5.91 Å². The fraction of sp³-hybridized carbons (Fsp3) is 0.178. The SMILES string of the molecule is COC(c1ccc(C)cn1)(c1ccc(C)cn1)c1ccc(C(=O)Nc2ccccc2-c2c3nc(c(-c4c(C)cc(C)cc4C)c4ccc([nH]4)c(-c4c(C)cc(C)cc4C)c4nc(c(-c5c(C)cc(C)cc5C)c5ccc2[nH]5)C=C4)C=C3)cn1. The van der Waals surface area contributed by atoms with Crippen molar-refractivity contribution >= 4 is 58.0 Å². The predicted molar refractivity (Wildman–Crippen MR) is 340 cm³/mol. The Morgan fingerprint density at radius 2 is 0.771 bits per heavy atom. The van der Waals surface area contributed by atoms with E-state index in [1.54, 1.807) is 31.8 Å². The number of para-hydroxylation sites is 1. The second kappa shape index (κ2) is 21.4. The Balaban J connectivity index is 1.10. The lowest BCUT2D eigenvalue weighted by atomic mass is 9.88. The fourth-order valence-corrected chi connectivity index (χ4v) is 12.8. The summed E-state index contributed by atoms with van der Waals surface area (Å²) in [5, 5.41) is 3.31. The number of aryl methyl sites for hydroxylation is 11. The van der Waals surface area contributed by atoms with Gasteiger partial charge in [0.15, 0.2) is 5.60 Å². The van der Waals surface area contributed by atoms with Gasteiger partial charge in [0.2, 0.25) is 0 Å². The number of rotatable bonds is 10. The largest absolute Gasteiger partial charge is 0.359 e. The number of aromatic amines is 2. The zero-order valence-electron chi connectivity index (χ0n) is 49.1. The van der Waals surface area contributed by atoms with Crippen LogP contribution < -0.4 is 5.32 Å².